The van der Waals surface area contributed by atoms with Crippen LogP contribution in [0.15, 0.2) is 6.07 Å². The third-order valence-corrected chi connectivity index (χ3v) is 4.52. The van der Waals surface area contributed by atoms with Gasteiger partial charge in [0.15, 0.2) is 0 Å². The van der Waals surface area contributed by atoms with Gasteiger partial charge in [-0.2, -0.15) is 13.2 Å². The molecule has 2 aliphatic rings. The van der Waals surface area contributed by atoms with E-state index in [2.05, 4.69) is 15.3 Å². The van der Waals surface area contributed by atoms with Gasteiger partial charge in [-0.25, -0.2) is 9.97 Å². The third-order valence-electron chi connectivity index (χ3n) is 4.52. The van der Waals surface area contributed by atoms with E-state index >= 15 is 0 Å². The first-order valence-electron chi connectivity index (χ1n) is 7.27. The van der Waals surface area contributed by atoms with Gasteiger partial charge in [0.1, 0.15) is 5.82 Å². The van der Waals surface area contributed by atoms with Crippen molar-refractivity contribution in [3.63, 3.8) is 0 Å². The zero-order valence-electron chi connectivity index (χ0n) is 12.4. The van der Waals surface area contributed by atoms with Crippen molar-refractivity contribution in [1.29, 1.82) is 0 Å². The minimum atomic E-state index is -4.49. The topological polar surface area (TPSA) is 41.0 Å². The standard InChI is InChI=1S/C14H19F3N4.ClH/c1-10-8-11(20-12(19-10)14(15,16)17)21-7-4-13(9-21)2-5-18-6-3-13;/h8,18H,2-7,9H2,1H3;1H. The Bertz CT molecular complexity index is 529. The molecule has 0 aliphatic carbocycles. The quantitative estimate of drug-likeness (QED) is 0.856. The molecular formula is C14H20ClF3N4. The Morgan fingerprint density at radius 3 is 2.50 bits per heavy atom. The Morgan fingerprint density at radius 2 is 1.86 bits per heavy atom. The van der Waals surface area contributed by atoms with Crippen LogP contribution < -0.4 is 10.2 Å². The van der Waals surface area contributed by atoms with Gasteiger partial charge in [-0.1, -0.05) is 0 Å². The minimum Gasteiger partial charge on any atom is -0.356 e. The second kappa shape index (κ2) is 6.20. The zero-order valence-corrected chi connectivity index (χ0v) is 13.2. The molecule has 0 unspecified atom stereocenters. The molecule has 0 atom stereocenters. The number of nitrogens with zero attached hydrogens (tertiary/aromatic N) is 3. The Hall–Kier alpha value is -1.08. The Kier molecular flexibility index (Phi) is 4.87. The average molecular weight is 337 g/mol. The van der Waals surface area contributed by atoms with Crippen molar-refractivity contribution in [2.45, 2.75) is 32.4 Å². The van der Waals surface area contributed by atoms with Gasteiger partial charge in [0.25, 0.3) is 0 Å². The SMILES string of the molecule is Cc1cc(N2CCC3(CCNCC3)C2)nc(C(F)(F)F)n1.Cl. The van der Waals surface area contributed by atoms with Crippen molar-refractivity contribution in [3.05, 3.63) is 17.6 Å². The fourth-order valence-electron chi connectivity index (χ4n) is 3.34. The van der Waals surface area contributed by atoms with E-state index in [1.807, 2.05) is 4.90 Å². The number of aryl methyl sites for hydroxylation is 1. The summed E-state index contributed by atoms with van der Waals surface area (Å²) in [5.74, 6) is -0.631. The largest absolute Gasteiger partial charge is 0.451 e. The summed E-state index contributed by atoms with van der Waals surface area (Å²) < 4.78 is 38.5. The van der Waals surface area contributed by atoms with E-state index in [1.165, 1.54) is 0 Å². The summed E-state index contributed by atoms with van der Waals surface area (Å²) in [5, 5.41) is 3.34. The summed E-state index contributed by atoms with van der Waals surface area (Å²) in [7, 11) is 0. The van der Waals surface area contributed by atoms with Crippen LogP contribution in [-0.4, -0.2) is 36.1 Å². The number of piperidine rings is 1. The molecule has 2 saturated heterocycles. The van der Waals surface area contributed by atoms with Crippen molar-refractivity contribution < 1.29 is 13.2 Å². The van der Waals surface area contributed by atoms with Gasteiger partial charge < -0.3 is 10.2 Å². The van der Waals surface area contributed by atoms with Gasteiger partial charge in [-0.15, -0.1) is 12.4 Å². The molecule has 3 rings (SSSR count). The molecule has 1 aromatic rings. The highest BCUT2D eigenvalue weighted by molar-refractivity contribution is 5.85. The fourth-order valence-corrected chi connectivity index (χ4v) is 3.34. The molecule has 2 fully saturated rings. The normalized spacial score (nSPS) is 21.0. The van der Waals surface area contributed by atoms with Crippen LogP contribution in [0.25, 0.3) is 0 Å². The summed E-state index contributed by atoms with van der Waals surface area (Å²) in [6, 6.07) is 1.65. The molecule has 2 aliphatic heterocycles. The molecule has 0 aromatic carbocycles. The second-order valence-electron chi connectivity index (χ2n) is 6.11. The summed E-state index contributed by atoms with van der Waals surface area (Å²) in [6.07, 6.45) is -1.30. The molecule has 0 radical (unpaired) electrons. The second-order valence-corrected chi connectivity index (χ2v) is 6.11. The van der Waals surface area contributed by atoms with Crippen LogP contribution in [0.5, 0.6) is 0 Å². The number of anilines is 1. The van der Waals surface area contributed by atoms with Gasteiger partial charge in [-0.3, -0.25) is 0 Å². The summed E-state index contributed by atoms with van der Waals surface area (Å²) in [4.78, 5) is 9.23. The first kappa shape index (κ1) is 17.3. The van der Waals surface area contributed by atoms with Crippen molar-refractivity contribution in [2.24, 2.45) is 5.41 Å². The third kappa shape index (κ3) is 3.46. The maximum Gasteiger partial charge on any atom is 0.451 e. The lowest BCUT2D eigenvalue weighted by atomic mass is 9.78. The van der Waals surface area contributed by atoms with Gasteiger partial charge in [-0.05, 0) is 44.7 Å². The Balaban J connectivity index is 0.00000176. The molecule has 4 nitrogen and oxygen atoms in total. The molecule has 1 aromatic heterocycles. The van der Waals surface area contributed by atoms with Gasteiger partial charge in [0, 0.05) is 24.8 Å². The highest BCUT2D eigenvalue weighted by atomic mass is 35.5. The van der Waals surface area contributed by atoms with Gasteiger partial charge >= 0.3 is 6.18 Å². The smallest absolute Gasteiger partial charge is 0.356 e. The van der Waals surface area contributed by atoms with E-state index in [4.69, 9.17) is 0 Å². The lowest BCUT2D eigenvalue weighted by molar-refractivity contribution is -0.145. The van der Waals surface area contributed by atoms with Crippen LogP contribution in [0.1, 0.15) is 30.8 Å². The highest BCUT2D eigenvalue weighted by Crippen LogP contribution is 2.40. The van der Waals surface area contributed by atoms with Crippen LogP contribution in [-0.2, 0) is 6.18 Å². The van der Waals surface area contributed by atoms with Crippen molar-refractivity contribution >= 4 is 18.2 Å². The number of halogens is 4. The summed E-state index contributed by atoms with van der Waals surface area (Å²) in [5.41, 5.74) is 0.598. The molecular weight excluding hydrogens is 317 g/mol. The molecule has 8 heteroatoms. The van der Waals surface area contributed by atoms with Crippen molar-refractivity contribution in [2.75, 3.05) is 31.1 Å². The number of aromatic nitrogens is 2. The molecule has 124 valence electrons. The van der Waals surface area contributed by atoms with E-state index in [1.54, 1.807) is 13.0 Å². The van der Waals surface area contributed by atoms with Crippen LogP contribution in [0.3, 0.4) is 0 Å². The van der Waals surface area contributed by atoms with E-state index in [9.17, 15) is 13.2 Å². The van der Waals surface area contributed by atoms with Crippen molar-refractivity contribution in [1.82, 2.24) is 15.3 Å². The maximum absolute atomic E-state index is 12.8. The number of hydrogen-bond acceptors (Lipinski definition) is 4. The number of hydrogen-bond donors (Lipinski definition) is 1. The van der Waals surface area contributed by atoms with Gasteiger partial charge in [0.2, 0.25) is 5.82 Å². The summed E-state index contributed by atoms with van der Waals surface area (Å²) >= 11 is 0. The van der Waals surface area contributed by atoms with Crippen LogP contribution >= 0.6 is 12.4 Å². The van der Waals surface area contributed by atoms with E-state index in [0.717, 1.165) is 45.4 Å². The minimum absolute atomic E-state index is 0. The van der Waals surface area contributed by atoms with Crippen LogP contribution in [0, 0.1) is 12.3 Å². The maximum atomic E-state index is 12.8. The van der Waals surface area contributed by atoms with E-state index in [-0.39, 0.29) is 17.8 Å². The lowest BCUT2D eigenvalue weighted by Crippen LogP contribution is -2.38. The summed E-state index contributed by atoms with van der Waals surface area (Å²) in [6.45, 7) is 5.13. The average Bonchev–Trinajstić information content (AvgIpc) is 2.82. The van der Waals surface area contributed by atoms with Crippen LogP contribution in [0.4, 0.5) is 19.0 Å². The van der Waals surface area contributed by atoms with E-state index in [0.29, 0.717) is 11.5 Å². The zero-order chi connectivity index (χ0) is 15.1. The monoisotopic (exact) mass is 336 g/mol. The molecule has 1 N–H and O–H groups in total. The van der Waals surface area contributed by atoms with Crippen molar-refractivity contribution in [3.8, 4) is 0 Å². The predicted molar refractivity (Wildman–Crippen MR) is 80.4 cm³/mol. The Morgan fingerprint density at radius 1 is 1.18 bits per heavy atom. The fraction of sp³-hybridized carbons (Fsp3) is 0.714. The molecule has 0 bridgehead atoms. The highest BCUT2D eigenvalue weighted by Gasteiger charge is 2.40. The molecule has 0 amide bonds. The number of rotatable bonds is 1. The molecule has 0 saturated carbocycles. The molecule has 3 heterocycles. The molecule has 1 spiro atoms. The predicted octanol–water partition coefficient (Wildman–Crippen LogP) is 2.81. The number of nitrogens with one attached hydrogen (secondary N) is 1. The lowest BCUT2D eigenvalue weighted by Gasteiger charge is -2.33. The Labute approximate surface area is 133 Å². The first-order chi connectivity index (χ1) is 9.88. The number of alkyl halides is 3. The molecule has 22 heavy (non-hydrogen) atoms. The van der Waals surface area contributed by atoms with E-state index < -0.39 is 12.0 Å². The van der Waals surface area contributed by atoms with Crippen LogP contribution in [0.2, 0.25) is 0 Å². The first-order valence-corrected chi connectivity index (χ1v) is 7.27. The van der Waals surface area contributed by atoms with Gasteiger partial charge in [0.05, 0.1) is 0 Å².